The third-order valence-electron chi connectivity index (χ3n) is 5.10. The molecule has 1 aromatic rings. The van der Waals surface area contributed by atoms with Gasteiger partial charge in [-0.1, -0.05) is 12.8 Å². The molecule has 0 radical (unpaired) electrons. The Bertz CT molecular complexity index is 560. The molecule has 2 aliphatic rings. The summed E-state index contributed by atoms with van der Waals surface area (Å²) in [7, 11) is 1.61. The first-order chi connectivity index (χ1) is 11.7. The summed E-state index contributed by atoms with van der Waals surface area (Å²) in [6.07, 6.45) is 6.75. The maximum atomic E-state index is 12.6. The summed E-state index contributed by atoms with van der Waals surface area (Å²) in [6, 6.07) is 3.30. The van der Waals surface area contributed by atoms with Gasteiger partial charge in [0.2, 0.25) is 0 Å². The lowest BCUT2D eigenvalue weighted by atomic mass is 10.0. The molecule has 132 valence electrons. The highest BCUT2D eigenvalue weighted by molar-refractivity contribution is 5.95. The van der Waals surface area contributed by atoms with Crippen LogP contribution in [0.5, 0.6) is 0 Å². The fourth-order valence-electron chi connectivity index (χ4n) is 3.66. The van der Waals surface area contributed by atoms with Crippen LogP contribution in [0.3, 0.4) is 0 Å². The molecule has 3 atom stereocenters. The lowest BCUT2D eigenvalue weighted by Gasteiger charge is -2.27. The highest BCUT2D eigenvalue weighted by Gasteiger charge is 2.31. The normalized spacial score (nSPS) is 27.8. The van der Waals surface area contributed by atoms with E-state index >= 15 is 0 Å². The Morgan fingerprint density at radius 3 is 2.79 bits per heavy atom. The van der Waals surface area contributed by atoms with E-state index in [1.807, 2.05) is 6.07 Å². The van der Waals surface area contributed by atoms with Crippen LogP contribution < -0.4 is 10.2 Å². The number of nitrogens with zero attached hydrogens (tertiary/aromatic N) is 2. The number of carbonyl (C=O) groups excluding carboxylic acids is 1. The number of nitrogens with one attached hydrogen (secondary N) is 1. The Labute approximate surface area is 143 Å². The minimum atomic E-state index is -0.665. The molecule has 1 aromatic heterocycles. The fourth-order valence-corrected chi connectivity index (χ4v) is 3.66. The zero-order chi connectivity index (χ0) is 16.9. The standard InChI is InChI=1S/C18H27N3O3/c1-24-15-7-3-2-6-14(17(15)22)20-18(23)13-8-9-19-16(12-13)21-10-4-5-11-21/h8-9,12,14-15,17,22H,2-7,10-11H2,1H3,(H,20,23)/t14-,15-,17-/m1/s1. The van der Waals surface area contributed by atoms with Crippen LogP contribution in [-0.4, -0.2) is 54.4 Å². The predicted molar refractivity (Wildman–Crippen MR) is 92.2 cm³/mol. The quantitative estimate of drug-likeness (QED) is 0.821. The van der Waals surface area contributed by atoms with E-state index in [9.17, 15) is 9.90 Å². The van der Waals surface area contributed by atoms with Crippen molar-refractivity contribution in [2.24, 2.45) is 0 Å². The van der Waals surface area contributed by atoms with Gasteiger partial charge in [0, 0.05) is 32.0 Å². The van der Waals surface area contributed by atoms with Gasteiger partial charge in [0.25, 0.3) is 5.91 Å². The molecule has 2 heterocycles. The zero-order valence-electron chi connectivity index (χ0n) is 14.3. The van der Waals surface area contributed by atoms with E-state index in [-0.39, 0.29) is 18.1 Å². The topological polar surface area (TPSA) is 74.7 Å². The number of amides is 1. The molecule has 6 heteroatoms. The Hall–Kier alpha value is -1.66. The number of methoxy groups -OCH3 is 1. The molecule has 0 aromatic carbocycles. The van der Waals surface area contributed by atoms with Crippen LogP contribution in [-0.2, 0) is 4.74 Å². The lowest BCUT2D eigenvalue weighted by Crippen LogP contribution is -2.48. The number of hydrogen-bond acceptors (Lipinski definition) is 5. The number of carbonyl (C=O) groups is 1. The van der Waals surface area contributed by atoms with Crippen LogP contribution >= 0.6 is 0 Å². The highest BCUT2D eigenvalue weighted by atomic mass is 16.5. The van der Waals surface area contributed by atoms with Gasteiger partial charge >= 0.3 is 0 Å². The van der Waals surface area contributed by atoms with Crippen molar-refractivity contribution in [3.63, 3.8) is 0 Å². The van der Waals surface area contributed by atoms with Gasteiger partial charge < -0.3 is 20.1 Å². The van der Waals surface area contributed by atoms with Crippen LogP contribution in [0.1, 0.15) is 48.9 Å². The Morgan fingerprint density at radius 2 is 2.04 bits per heavy atom. The van der Waals surface area contributed by atoms with E-state index in [1.165, 1.54) is 12.8 Å². The van der Waals surface area contributed by atoms with Gasteiger partial charge in [0.1, 0.15) is 11.9 Å². The maximum absolute atomic E-state index is 12.6. The third-order valence-corrected chi connectivity index (χ3v) is 5.10. The zero-order valence-corrected chi connectivity index (χ0v) is 14.3. The first-order valence-corrected chi connectivity index (χ1v) is 8.92. The molecule has 1 aliphatic heterocycles. The maximum Gasteiger partial charge on any atom is 0.251 e. The lowest BCUT2D eigenvalue weighted by molar-refractivity contribution is -0.0277. The highest BCUT2D eigenvalue weighted by Crippen LogP contribution is 2.22. The Kier molecular flexibility index (Phi) is 5.68. The van der Waals surface area contributed by atoms with E-state index in [0.717, 1.165) is 44.6 Å². The molecule has 0 bridgehead atoms. The fraction of sp³-hybridized carbons (Fsp3) is 0.667. The van der Waals surface area contributed by atoms with Crippen molar-refractivity contribution < 1.29 is 14.6 Å². The molecular weight excluding hydrogens is 306 g/mol. The molecule has 0 spiro atoms. The second-order valence-electron chi connectivity index (χ2n) is 6.73. The van der Waals surface area contributed by atoms with Gasteiger partial charge in [0.05, 0.1) is 12.1 Å². The van der Waals surface area contributed by atoms with Crippen LogP contribution in [0, 0.1) is 0 Å². The number of aliphatic hydroxyl groups is 1. The molecule has 2 fully saturated rings. The van der Waals surface area contributed by atoms with Crippen molar-refractivity contribution in [2.45, 2.75) is 56.8 Å². The molecular formula is C18H27N3O3. The first-order valence-electron chi connectivity index (χ1n) is 8.92. The number of aromatic nitrogens is 1. The largest absolute Gasteiger partial charge is 0.388 e. The minimum absolute atomic E-state index is 0.154. The average Bonchev–Trinajstić information content (AvgIpc) is 3.09. The SMILES string of the molecule is CO[C@@H]1CCCC[C@@H](NC(=O)c2ccnc(N3CCCC3)c2)[C@H]1O. The molecule has 1 aliphatic carbocycles. The van der Waals surface area contributed by atoms with Gasteiger partial charge in [-0.25, -0.2) is 4.98 Å². The van der Waals surface area contributed by atoms with Crippen molar-refractivity contribution in [3.05, 3.63) is 23.9 Å². The van der Waals surface area contributed by atoms with Gasteiger partial charge in [0.15, 0.2) is 0 Å². The van der Waals surface area contributed by atoms with Crippen molar-refractivity contribution in [2.75, 3.05) is 25.1 Å². The van der Waals surface area contributed by atoms with Crippen LogP contribution in [0.4, 0.5) is 5.82 Å². The molecule has 0 unspecified atom stereocenters. The van der Waals surface area contributed by atoms with Crippen molar-refractivity contribution in [3.8, 4) is 0 Å². The summed E-state index contributed by atoms with van der Waals surface area (Å²) in [5, 5.41) is 13.5. The molecule has 24 heavy (non-hydrogen) atoms. The van der Waals surface area contributed by atoms with E-state index in [4.69, 9.17) is 4.74 Å². The first kappa shape index (κ1) is 17.2. The van der Waals surface area contributed by atoms with E-state index in [1.54, 1.807) is 19.4 Å². The molecule has 1 saturated heterocycles. The van der Waals surface area contributed by atoms with Gasteiger partial charge in [-0.2, -0.15) is 0 Å². The van der Waals surface area contributed by atoms with Crippen molar-refractivity contribution in [1.82, 2.24) is 10.3 Å². The number of ether oxygens (including phenoxy) is 1. The summed E-state index contributed by atoms with van der Waals surface area (Å²) in [6.45, 7) is 1.99. The number of anilines is 1. The van der Waals surface area contributed by atoms with E-state index in [2.05, 4.69) is 15.2 Å². The molecule has 2 N–H and O–H groups in total. The summed E-state index contributed by atoms with van der Waals surface area (Å²) in [5.41, 5.74) is 0.595. The summed E-state index contributed by atoms with van der Waals surface area (Å²) >= 11 is 0. The number of rotatable bonds is 4. The summed E-state index contributed by atoms with van der Waals surface area (Å²) < 4.78 is 5.37. The van der Waals surface area contributed by atoms with E-state index in [0.29, 0.717) is 5.56 Å². The smallest absolute Gasteiger partial charge is 0.251 e. The summed E-state index contributed by atoms with van der Waals surface area (Å²) in [5.74, 6) is 0.704. The molecule has 1 amide bonds. The van der Waals surface area contributed by atoms with Gasteiger partial charge in [-0.15, -0.1) is 0 Å². The Morgan fingerprint density at radius 1 is 1.29 bits per heavy atom. The van der Waals surface area contributed by atoms with Crippen LogP contribution in [0.2, 0.25) is 0 Å². The predicted octanol–water partition coefficient (Wildman–Crippen LogP) is 1.73. The molecule has 6 nitrogen and oxygen atoms in total. The van der Waals surface area contributed by atoms with E-state index < -0.39 is 6.10 Å². The third kappa shape index (κ3) is 3.87. The second kappa shape index (κ2) is 7.94. The number of pyridine rings is 1. The summed E-state index contributed by atoms with van der Waals surface area (Å²) in [4.78, 5) is 19.2. The monoisotopic (exact) mass is 333 g/mol. The van der Waals surface area contributed by atoms with Crippen LogP contribution in [0.25, 0.3) is 0 Å². The number of aliphatic hydroxyl groups excluding tert-OH is 1. The van der Waals surface area contributed by atoms with Crippen LogP contribution in [0.15, 0.2) is 18.3 Å². The van der Waals surface area contributed by atoms with Crippen molar-refractivity contribution >= 4 is 11.7 Å². The van der Waals surface area contributed by atoms with Crippen molar-refractivity contribution in [1.29, 1.82) is 0 Å². The molecule has 3 rings (SSSR count). The molecule has 1 saturated carbocycles. The minimum Gasteiger partial charge on any atom is -0.388 e. The second-order valence-corrected chi connectivity index (χ2v) is 6.73. The average molecular weight is 333 g/mol. The van der Waals surface area contributed by atoms with Gasteiger partial charge in [-0.3, -0.25) is 4.79 Å². The Balaban J connectivity index is 1.68. The number of hydrogen-bond donors (Lipinski definition) is 2. The van der Waals surface area contributed by atoms with Gasteiger partial charge in [-0.05, 0) is 37.8 Å².